The van der Waals surface area contributed by atoms with Crippen molar-refractivity contribution in [3.63, 3.8) is 0 Å². The Morgan fingerprint density at radius 2 is 1.81 bits per heavy atom. The number of aryl methyl sites for hydroxylation is 1. The Hall–Kier alpha value is -2.66. The second kappa shape index (κ2) is 8.15. The van der Waals surface area contributed by atoms with Crippen LogP contribution in [-0.2, 0) is 16.0 Å². The Balaban J connectivity index is 1.64. The summed E-state index contributed by atoms with van der Waals surface area (Å²) in [7, 11) is 0. The topological polar surface area (TPSA) is 75.6 Å². The van der Waals surface area contributed by atoms with Gasteiger partial charge in [0.2, 0.25) is 5.91 Å². The summed E-state index contributed by atoms with van der Waals surface area (Å²) in [4.78, 5) is 23.3. The minimum Gasteiger partial charge on any atom is -0.478 e. The minimum absolute atomic E-state index is 0.0581. The highest BCUT2D eigenvalue weighted by atomic mass is 16.5. The van der Waals surface area contributed by atoms with Crippen LogP contribution in [0.4, 0.5) is 0 Å². The summed E-state index contributed by atoms with van der Waals surface area (Å²) in [6, 6.07) is 14.5. The van der Waals surface area contributed by atoms with Crippen molar-refractivity contribution in [1.29, 1.82) is 0 Å². The third-order valence-corrected chi connectivity index (χ3v) is 4.64. The Kier molecular flexibility index (Phi) is 5.68. The van der Waals surface area contributed by atoms with E-state index in [-0.39, 0.29) is 30.0 Å². The fourth-order valence-corrected chi connectivity index (χ4v) is 3.22. The monoisotopic (exact) mass is 353 g/mol. The molecule has 2 N–H and O–H groups in total. The molecule has 2 atom stereocenters. The molecule has 0 saturated carbocycles. The number of ether oxygens (including phenoxy) is 1. The van der Waals surface area contributed by atoms with Crippen molar-refractivity contribution in [3.05, 3.63) is 70.8 Å². The molecule has 26 heavy (non-hydrogen) atoms. The first-order valence-electron chi connectivity index (χ1n) is 8.83. The molecule has 5 heteroatoms. The third kappa shape index (κ3) is 4.49. The van der Waals surface area contributed by atoms with E-state index in [9.17, 15) is 9.59 Å². The van der Waals surface area contributed by atoms with Crippen molar-refractivity contribution in [2.45, 2.75) is 38.3 Å². The molecule has 0 bridgehead atoms. The van der Waals surface area contributed by atoms with Crippen molar-refractivity contribution in [2.24, 2.45) is 0 Å². The van der Waals surface area contributed by atoms with Gasteiger partial charge < -0.3 is 15.2 Å². The molecule has 1 aliphatic heterocycles. The second-order valence-electron chi connectivity index (χ2n) is 6.70. The van der Waals surface area contributed by atoms with Crippen molar-refractivity contribution in [3.8, 4) is 0 Å². The number of carboxylic acids is 1. The molecule has 1 aliphatic rings. The lowest BCUT2D eigenvalue weighted by Gasteiger charge is -2.32. The number of carbonyl (C=O) groups is 2. The van der Waals surface area contributed by atoms with Crippen molar-refractivity contribution in [1.82, 2.24) is 5.32 Å². The molecule has 2 aromatic rings. The van der Waals surface area contributed by atoms with Gasteiger partial charge in [0.05, 0.1) is 18.0 Å². The standard InChI is InChI=1S/C21H23NO4/c1-14-4-8-16(9-5-14)20-18(3-2-12-26-20)22-19(23)13-15-6-10-17(11-7-15)21(24)25/h4-11,18,20H,2-3,12-13H2,1H3,(H,22,23)(H,24,25). The number of benzene rings is 2. The highest BCUT2D eigenvalue weighted by Crippen LogP contribution is 2.28. The first-order chi connectivity index (χ1) is 12.5. The normalized spacial score (nSPS) is 19.7. The van der Waals surface area contributed by atoms with Crippen LogP contribution in [0.1, 0.15) is 46.0 Å². The SMILES string of the molecule is Cc1ccc(C2OCCCC2NC(=O)Cc2ccc(C(=O)O)cc2)cc1. The van der Waals surface area contributed by atoms with Crippen LogP contribution in [0.3, 0.4) is 0 Å². The zero-order valence-electron chi connectivity index (χ0n) is 14.8. The van der Waals surface area contributed by atoms with E-state index in [0.717, 1.165) is 24.0 Å². The molecule has 1 heterocycles. The van der Waals surface area contributed by atoms with Crippen LogP contribution in [0.25, 0.3) is 0 Å². The number of hydrogen-bond donors (Lipinski definition) is 2. The zero-order chi connectivity index (χ0) is 18.5. The van der Waals surface area contributed by atoms with Gasteiger partial charge in [-0.2, -0.15) is 0 Å². The molecule has 1 fully saturated rings. The average Bonchev–Trinajstić information content (AvgIpc) is 2.63. The van der Waals surface area contributed by atoms with Crippen molar-refractivity contribution < 1.29 is 19.4 Å². The van der Waals surface area contributed by atoms with Gasteiger partial charge >= 0.3 is 5.97 Å². The average molecular weight is 353 g/mol. The Bertz CT molecular complexity index is 768. The van der Waals surface area contributed by atoms with Gasteiger partial charge in [0.15, 0.2) is 0 Å². The minimum atomic E-state index is -0.971. The van der Waals surface area contributed by atoms with Crippen LogP contribution >= 0.6 is 0 Å². The number of hydrogen-bond acceptors (Lipinski definition) is 3. The summed E-state index contributed by atoms with van der Waals surface area (Å²) in [6.45, 7) is 2.74. The molecule has 1 saturated heterocycles. The second-order valence-corrected chi connectivity index (χ2v) is 6.70. The zero-order valence-corrected chi connectivity index (χ0v) is 14.8. The third-order valence-electron chi connectivity index (χ3n) is 4.64. The molecular weight excluding hydrogens is 330 g/mol. The predicted molar refractivity (Wildman–Crippen MR) is 98.1 cm³/mol. The molecule has 0 radical (unpaired) electrons. The smallest absolute Gasteiger partial charge is 0.335 e. The van der Waals surface area contributed by atoms with Gasteiger partial charge in [-0.3, -0.25) is 4.79 Å². The summed E-state index contributed by atoms with van der Waals surface area (Å²) >= 11 is 0. The van der Waals surface area contributed by atoms with E-state index < -0.39 is 5.97 Å². The first-order valence-corrected chi connectivity index (χ1v) is 8.83. The number of nitrogens with one attached hydrogen (secondary N) is 1. The molecule has 2 unspecified atom stereocenters. The Labute approximate surface area is 153 Å². The molecule has 2 aromatic carbocycles. The first kappa shape index (κ1) is 18.1. The van der Waals surface area contributed by atoms with E-state index in [1.54, 1.807) is 12.1 Å². The van der Waals surface area contributed by atoms with Gasteiger partial charge in [-0.25, -0.2) is 4.79 Å². The summed E-state index contributed by atoms with van der Waals surface area (Å²) in [6.07, 6.45) is 1.88. The van der Waals surface area contributed by atoms with E-state index >= 15 is 0 Å². The van der Waals surface area contributed by atoms with Crippen LogP contribution in [0.2, 0.25) is 0 Å². The van der Waals surface area contributed by atoms with Crippen molar-refractivity contribution in [2.75, 3.05) is 6.61 Å². The van der Waals surface area contributed by atoms with Gasteiger partial charge in [-0.15, -0.1) is 0 Å². The fraction of sp³-hybridized carbons (Fsp3) is 0.333. The van der Waals surface area contributed by atoms with E-state index in [1.165, 1.54) is 17.7 Å². The number of amides is 1. The van der Waals surface area contributed by atoms with E-state index in [1.807, 2.05) is 6.92 Å². The molecule has 136 valence electrons. The van der Waals surface area contributed by atoms with Crippen LogP contribution < -0.4 is 5.32 Å². The van der Waals surface area contributed by atoms with E-state index in [0.29, 0.717) is 6.61 Å². The number of aromatic carboxylic acids is 1. The highest BCUT2D eigenvalue weighted by molar-refractivity contribution is 5.87. The summed E-state index contributed by atoms with van der Waals surface area (Å²) in [5, 5.41) is 12.0. The molecular formula is C21H23NO4. The molecule has 0 spiro atoms. The van der Waals surface area contributed by atoms with Gasteiger partial charge in [0, 0.05) is 6.61 Å². The van der Waals surface area contributed by atoms with Gasteiger partial charge in [0.1, 0.15) is 6.10 Å². The lowest BCUT2D eigenvalue weighted by Crippen LogP contribution is -2.43. The molecule has 1 amide bonds. The quantitative estimate of drug-likeness (QED) is 0.865. The lowest BCUT2D eigenvalue weighted by atomic mass is 9.95. The van der Waals surface area contributed by atoms with Crippen molar-refractivity contribution >= 4 is 11.9 Å². The van der Waals surface area contributed by atoms with Gasteiger partial charge in [-0.1, -0.05) is 42.0 Å². The summed E-state index contributed by atoms with van der Waals surface area (Å²) < 4.78 is 5.93. The largest absolute Gasteiger partial charge is 0.478 e. The molecule has 0 aromatic heterocycles. The maximum Gasteiger partial charge on any atom is 0.335 e. The molecule has 0 aliphatic carbocycles. The summed E-state index contributed by atoms with van der Waals surface area (Å²) in [5.74, 6) is -1.05. The highest BCUT2D eigenvalue weighted by Gasteiger charge is 2.28. The van der Waals surface area contributed by atoms with Crippen LogP contribution in [0.15, 0.2) is 48.5 Å². The lowest BCUT2D eigenvalue weighted by molar-refractivity contribution is -0.123. The predicted octanol–water partition coefficient (Wildman–Crippen LogP) is 3.27. The Morgan fingerprint density at radius 3 is 2.46 bits per heavy atom. The van der Waals surface area contributed by atoms with Gasteiger partial charge in [-0.05, 0) is 43.0 Å². The van der Waals surface area contributed by atoms with E-state index in [2.05, 4.69) is 29.6 Å². The molecule has 3 rings (SSSR count). The number of rotatable bonds is 5. The summed E-state index contributed by atoms with van der Waals surface area (Å²) in [5.41, 5.74) is 3.27. The van der Waals surface area contributed by atoms with Crippen LogP contribution in [0, 0.1) is 6.92 Å². The Morgan fingerprint density at radius 1 is 1.12 bits per heavy atom. The van der Waals surface area contributed by atoms with Crippen LogP contribution in [0.5, 0.6) is 0 Å². The number of carbonyl (C=O) groups excluding carboxylic acids is 1. The van der Waals surface area contributed by atoms with Crippen LogP contribution in [-0.4, -0.2) is 29.6 Å². The molecule has 5 nitrogen and oxygen atoms in total. The number of carboxylic acid groups (broad SMARTS) is 1. The maximum absolute atomic E-state index is 12.4. The fourth-order valence-electron chi connectivity index (χ4n) is 3.22. The van der Waals surface area contributed by atoms with Gasteiger partial charge in [0.25, 0.3) is 0 Å². The van der Waals surface area contributed by atoms with E-state index in [4.69, 9.17) is 9.84 Å². The maximum atomic E-state index is 12.4.